The number of rotatable bonds is 5. The molecule has 0 spiro atoms. The molecule has 4 rings (SSSR count). The minimum absolute atomic E-state index is 0.0238. The van der Waals surface area contributed by atoms with Crippen molar-refractivity contribution in [1.82, 2.24) is 4.90 Å². The normalized spacial score (nSPS) is 28.5. The summed E-state index contributed by atoms with van der Waals surface area (Å²) in [4.78, 5) is 14.5. The van der Waals surface area contributed by atoms with Gasteiger partial charge in [0.05, 0.1) is 11.2 Å². The lowest BCUT2D eigenvalue weighted by molar-refractivity contribution is -0.0893. The molecule has 0 aliphatic heterocycles. The molecule has 4 nitrogen and oxygen atoms in total. The zero-order valence-corrected chi connectivity index (χ0v) is 17.0. The van der Waals surface area contributed by atoms with Crippen molar-refractivity contribution < 1.29 is 19.0 Å². The van der Waals surface area contributed by atoms with E-state index < -0.39 is 17.4 Å². The van der Waals surface area contributed by atoms with Gasteiger partial charge in [0.15, 0.2) is 0 Å². The van der Waals surface area contributed by atoms with Crippen LogP contribution in [0, 0.1) is 23.6 Å². The summed E-state index contributed by atoms with van der Waals surface area (Å²) in [5.74, 6) is -0.00253. The lowest BCUT2D eigenvalue weighted by Crippen LogP contribution is -2.47. The maximum atomic E-state index is 14.5. The third kappa shape index (κ3) is 4.07. The molecule has 2 aliphatic rings. The van der Waals surface area contributed by atoms with Crippen LogP contribution in [0.25, 0.3) is 0 Å². The predicted octanol–water partition coefficient (Wildman–Crippen LogP) is 4.23. The molecule has 0 radical (unpaired) electrons. The van der Waals surface area contributed by atoms with E-state index in [1.54, 1.807) is 30.3 Å². The third-order valence-electron chi connectivity index (χ3n) is 6.52. The first kappa shape index (κ1) is 20.0. The number of fused-ring (bicyclic) bond motifs is 2. The van der Waals surface area contributed by atoms with E-state index in [2.05, 4.69) is 4.90 Å². The highest BCUT2D eigenvalue weighted by molar-refractivity contribution is 5.90. The second-order valence-corrected chi connectivity index (χ2v) is 8.87. The molecule has 0 aromatic heterocycles. The summed E-state index contributed by atoms with van der Waals surface area (Å²) in [6.45, 7) is 0.740. The highest BCUT2D eigenvalue weighted by Crippen LogP contribution is 2.54. The number of ether oxygens (including phenoxy) is 1. The first-order chi connectivity index (χ1) is 13.8. The highest BCUT2D eigenvalue weighted by Gasteiger charge is 2.51. The summed E-state index contributed by atoms with van der Waals surface area (Å²) >= 11 is 0. The number of hydrogen-bond donors (Lipinski definition) is 1. The Kier molecular flexibility index (Phi) is 5.45. The van der Waals surface area contributed by atoms with Crippen molar-refractivity contribution in [3.05, 3.63) is 65.5 Å². The minimum Gasteiger partial charge on any atom is -0.423 e. The molecule has 2 saturated carbocycles. The van der Waals surface area contributed by atoms with Gasteiger partial charge in [0, 0.05) is 18.5 Å². The molecule has 2 aromatic rings. The van der Waals surface area contributed by atoms with Crippen LogP contribution in [-0.4, -0.2) is 36.6 Å². The molecule has 3 unspecified atom stereocenters. The number of benzene rings is 2. The number of esters is 1. The summed E-state index contributed by atoms with van der Waals surface area (Å²) in [5, 5.41) is 11.8. The van der Waals surface area contributed by atoms with Crippen LogP contribution in [0.15, 0.2) is 48.5 Å². The fourth-order valence-corrected chi connectivity index (χ4v) is 5.28. The van der Waals surface area contributed by atoms with Crippen molar-refractivity contribution >= 4 is 5.97 Å². The van der Waals surface area contributed by atoms with E-state index >= 15 is 0 Å². The lowest BCUT2D eigenvalue weighted by atomic mass is 9.66. The first-order valence-corrected chi connectivity index (χ1v) is 10.3. The van der Waals surface area contributed by atoms with Crippen molar-refractivity contribution in [3.63, 3.8) is 0 Å². The molecule has 2 bridgehead atoms. The van der Waals surface area contributed by atoms with Gasteiger partial charge < -0.3 is 14.7 Å². The van der Waals surface area contributed by atoms with Crippen LogP contribution in [0.5, 0.6) is 5.75 Å². The van der Waals surface area contributed by atoms with E-state index in [0.29, 0.717) is 29.4 Å². The van der Waals surface area contributed by atoms with E-state index in [4.69, 9.17) is 4.74 Å². The first-order valence-electron chi connectivity index (χ1n) is 10.3. The van der Waals surface area contributed by atoms with Gasteiger partial charge in [-0.3, -0.25) is 0 Å². The lowest BCUT2D eigenvalue weighted by Gasteiger charge is -2.45. The van der Waals surface area contributed by atoms with Crippen molar-refractivity contribution in [2.45, 2.75) is 31.3 Å². The number of carbonyl (C=O) groups excluding carboxylic acids is 1. The second-order valence-electron chi connectivity index (χ2n) is 8.87. The van der Waals surface area contributed by atoms with Crippen molar-refractivity contribution in [2.75, 3.05) is 20.6 Å². The Morgan fingerprint density at radius 2 is 1.97 bits per heavy atom. The number of hydrogen-bond acceptors (Lipinski definition) is 4. The molecule has 0 saturated heterocycles. The summed E-state index contributed by atoms with van der Waals surface area (Å²) in [7, 11) is 4.00. The fraction of sp³-hybridized carbons (Fsp3) is 0.458. The molecule has 5 heteroatoms. The quantitative estimate of drug-likeness (QED) is 0.606. The molecule has 2 fully saturated rings. The Morgan fingerprint density at radius 3 is 2.69 bits per heavy atom. The van der Waals surface area contributed by atoms with Crippen molar-refractivity contribution in [1.29, 1.82) is 0 Å². The predicted molar refractivity (Wildman–Crippen MR) is 109 cm³/mol. The number of carbonyl (C=O) groups is 1. The van der Waals surface area contributed by atoms with Gasteiger partial charge in [-0.1, -0.05) is 24.6 Å². The van der Waals surface area contributed by atoms with Crippen LogP contribution >= 0.6 is 0 Å². The molecular weight excluding hydrogens is 369 g/mol. The highest BCUT2D eigenvalue weighted by atomic mass is 19.1. The molecule has 4 atom stereocenters. The molecule has 0 amide bonds. The van der Waals surface area contributed by atoms with Gasteiger partial charge >= 0.3 is 5.97 Å². The molecule has 29 heavy (non-hydrogen) atoms. The van der Waals surface area contributed by atoms with Gasteiger partial charge in [0.25, 0.3) is 0 Å². The molecule has 2 aliphatic carbocycles. The summed E-state index contributed by atoms with van der Waals surface area (Å²) < 4.78 is 19.9. The summed E-state index contributed by atoms with van der Waals surface area (Å²) in [5.41, 5.74) is -0.209. The Balaban J connectivity index is 1.66. The maximum absolute atomic E-state index is 14.5. The van der Waals surface area contributed by atoms with Crippen LogP contribution in [0.1, 0.15) is 41.6 Å². The third-order valence-corrected chi connectivity index (χ3v) is 6.52. The minimum atomic E-state index is -1.12. The van der Waals surface area contributed by atoms with Gasteiger partial charge in [0.1, 0.15) is 11.6 Å². The molecule has 0 heterocycles. The monoisotopic (exact) mass is 397 g/mol. The molecular formula is C24H28FNO3. The van der Waals surface area contributed by atoms with Gasteiger partial charge in [0.2, 0.25) is 0 Å². The van der Waals surface area contributed by atoms with Crippen LogP contribution in [0.4, 0.5) is 4.39 Å². The van der Waals surface area contributed by atoms with Gasteiger partial charge in [-0.25, -0.2) is 9.18 Å². The Morgan fingerprint density at radius 1 is 1.21 bits per heavy atom. The average Bonchev–Trinajstić information content (AvgIpc) is 3.08. The average molecular weight is 397 g/mol. The van der Waals surface area contributed by atoms with Crippen molar-refractivity contribution in [2.24, 2.45) is 17.8 Å². The standard InChI is InChI=1S/C24H28FNO3/c1-26(2)15-22-18-9-8-16(10-18)14-24(22,28)19-11-20(25)13-21(12-19)29-23(27)17-6-4-3-5-7-17/h3-7,11-13,16,18,22,28H,8-10,14-15H2,1-2H3/t16?,18?,22-,24?/m0/s1. The van der Waals surface area contributed by atoms with E-state index in [0.717, 1.165) is 25.8 Å². The number of aliphatic hydroxyl groups is 1. The summed E-state index contributed by atoms with van der Waals surface area (Å²) in [6.07, 6.45) is 3.97. The van der Waals surface area contributed by atoms with Crippen LogP contribution < -0.4 is 4.74 Å². The van der Waals surface area contributed by atoms with E-state index in [1.807, 2.05) is 20.2 Å². The van der Waals surface area contributed by atoms with E-state index in [1.165, 1.54) is 12.1 Å². The molecule has 154 valence electrons. The zero-order chi connectivity index (χ0) is 20.6. The van der Waals surface area contributed by atoms with Crippen LogP contribution in [0.2, 0.25) is 0 Å². The fourth-order valence-electron chi connectivity index (χ4n) is 5.28. The smallest absolute Gasteiger partial charge is 0.343 e. The van der Waals surface area contributed by atoms with Gasteiger partial charge in [-0.15, -0.1) is 0 Å². The Hall–Kier alpha value is -2.24. The second kappa shape index (κ2) is 7.88. The SMILES string of the molecule is CN(C)C[C@H]1C2CCC(C2)CC1(O)c1cc(F)cc(OC(=O)c2ccccc2)c1. The van der Waals surface area contributed by atoms with E-state index in [9.17, 15) is 14.3 Å². The van der Waals surface area contributed by atoms with Gasteiger partial charge in [-0.2, -0.15) is 0 Å². The number of halogens is 1. The topological polar surface area (TPSA) is 49.8 Å². The zero-order valence-electron chi connectivity index (χ0n) is 17.0. The maximum Gasteiger partial charge on any atom is 0.343 e. The van der Waals surface area contributed by atoms with Crippen LogP contribution in [-0.2, 0) is 5.60 Å². The Labute approximate surface area is 171 Å². The summed E-state index contributed by atoms with van der Waals surface area (Å²) in [6, 6.07) is 12.9. The Bertz CT molecular complexity index is 885. The number of nitrogens with zero attached hydrogens (tertiary/aromatic N) is 1. The molecule has 2 aromatic carbocycles. The van der Waals surface area contributed by atoms with Crippen LogP contribution in [0.3, 0.4) is 0 Å². The largest absolute Gasteiger partial charge is 0.423 e. The van der Waals surface area contributed by atoms with Gasteiger partial charge in [-0.05, 0) is 75.0 Å². The van der Waals surface area contributed by atoms with Crippen molar-refractivity contribution in [3.8, 4) is 5.75 Å². The molecule has 1 N–H and O–H groups in total. The van der Waals surface area contributed by atoms with E-state index in [-0.39, 0.29) is 11.7 Å².